The quantitative estimate of drug-likeness (QED) is 0.874. The Labute approximate surface area is 131 Å². The van der Waals surface area contributed by atoms with Gasteiger partial charge in [-0.3, -0.25) is 4.79 Å². The topological polar surface area (TPSA) is 29.1 Å². The van der Waals surface area contributed by atoms with E-state index in [1.54, 1.807) is 18.2 Å². The highest BCUT2D eigenvalue weighted by molar-refractivity contribution is 9.10. The van der Waals surface area contributed by atoms with Crippen molar-refractivity contribution in [2.45, 2.75) is 18.4 Å². The zero-order valence-corrected chi connectivity index (χ0v) is 13.0. The Morgan fingerprint density at radius 1 is 1.20 bits per heavy atom. The molecule has 102 valence electrons. The average molecular weight is 351 g/mol. The molecule has 1 aliphatic carbocycles. The summed E-state index contributed by atoms with van der Waals surface area (Å²) in [5, 5.41) is 3.60. The Hall–Kier alpha value is -1.32. The summed E-state index contributed by atoms with van der Waals surface area (Å²) in [6, 6.07) is 15.7. The SMILES string of the molecule is O=C(NC1CC1c1ccccc1)c1ccc(Br)c(Cl)c1. The highest BCUT2D eigenvalue weighted by atomic mass is 79.9. The van der Waals surface area contributed by atoms with E-state index in [0.717, 1.165) is 10.9 Å². The summed E-state index contributed by atoms with van der Waals surface area (Å²) >= 11 is 9.33. The molecule has 2 aromatic carbocycles. The maximum absolute atomic E-state index is 12.2. The van der Waals surface area contributed by atoms with Crippen LogP contribution in [0.1, 0.15) is 28.3 Å². The van der Waals surface area contributed by atoms with Gasteiger partial charge in [0, 0.05) is 22.0 Å². The van der Waals surface area contributed by atoms with Gasteiger partial charge in [-0.15, -0.1) is 0 Å². The second kappa shape index (κ2) is 5.58. The van der Waals surface area contributed by atoms with Crippen molar-refractivity contribution >= 4 is 33.4 Å². The monoisotopic (exact) mass is 349 g/mol. The Kier molecular flexibility index (Phi) is 3.81. The number of hydrogen-bond acceptors (Lipinski definition) is 1. The van der Waals surface area contributed by atoms with E-state index in [0.29, 0.717) is 16.5 Å². The van der Waals surface area contributed by atoms with E-state index in [1.165, 1.54) is 5.56 Å². The van der Waals surface area contributed by atoms with Gasteiger partial charge in [0.15, 0.2) is 0 Å². The lowest BCUT2D eigenvalue weighted by atomic mass is 10.1. The number of amides is 1. The van der Waals surface area contributed by atoms with Crippen molar-refractivity contribution in [2.24, 2.45) is 0 Å². The summed E-state index contributed by atoms with van der Waals surface area (Å²) in [5.41, 5.74) is 1.88. The van der Waals surface area contributed by atoms with Crippen LogP contribution in [0.5, 0.6) is 0 Å². The number of carbonyl (C=O) groups is 1. The minimum atomic E-state index is -0.0668. The summed E-state index contributed by atoms with van der Waals surface area (Å²) in [6.45, 7) is 0. The number of carbonyl (C=O) groups excluding carboxylic acids is 1. The first-order valence-corrected chi connectivity index (χ1v) is 7.63. The minimum Gasteiger partial charge on any atom is -0.349 e. The molecule has 1 fully saturated rings. The third-order valence-corrected chi connectivity index (χ3v) is 4.75. The van der Waals surface area contributed by atoms with Crippen molar-refractivity contribution < 1.29 is 4.79 Å². The fraction of sp³-hybridized carbons (Fsp3) is 0.188. The molecule has 2 aromatic rings. The number of nitrogens with one attached hydrogen (secondary N) is 1. The summed E-state index contributed by atoms with van der Waals surface area (Å²) in [6.07, 6.45) is 1.00. The van der Waals surface area contributed by atoms with E-state index < -0.39 is 0 Å². The van der Waals surface area contributed by atoms with E-state index in [9.17, 15) is 4.79 Å². The predicted molar refractivity (Wildman–Crippen MR) is 84.2 cm³/mol. The first kappa shape index (κ1) is 13.7. The molecule has 3 rings (SSSR count). The molecule has 1 aliphatic rings. The van der Waals surface area contributed by atoms with Gasteiger partial charge in [-0.25, -0.2) is 0 Å². The van der Waals surface area contributed by atoms with Crippen molar-refractivity contribution in [3.05, 3.63) is 69.2 Å². The fourth-order valence-electron chi connectivity index (χ4n) is 2.31. The van der Waals surface area contributed by atoms with Gasteiger partial charge < -0.3 is 5.32 Å². The van der Waals surface area contributed by atoms with Crippen molar-refractivity contribution in [3.63, 3.8) is 0 Å². The molecule has 0 aliphatic heterocycles. The zero-order chi connectivity index (χ0) is 14.1. The summed E-state index contributed by atoms with van der Waals surface area (Å²) in [5.74, 6) is 0.369. The lowest BCUT2D eigenvalue weighted by Crippen LogP contribution is -2.26. The largest absolute Gasteiger partial charge is 0.349 e. The van der Waals surface area contributed by atoms with Gasteiger partial charge in [0.1, 0.15) is 0 Å². The van der Waals surface area contributed by atoms with Crippen LogP contribution in [0.2, 0.25) is 5.02 Å². The number of rotatable bonds is 3. The first-order valence-electron chi connectivity index (χ1n) is 6.46. The molecule has 0 heterocycles. The van der Waals surface area contributed by atoms with Gasteiger partial charge >= 0.3 is 0 Å². The van der Waals surface area contributed by atoms with Crippen LogP contribution < -0.4 is 5.32 Å². The number of benzene rings is 2. The van der Waals surface area contributed by atoms with Gasteiger partial charge in [0.05, 0.1) is 5.02 Å². The lowest BCUT2D eigenvalue weighted by molar-refractivity contribution is 0.0950. The standard InChI is InChI=1S/C16H13BrClNO/c17-13-7-6-11(8-14(13)18)16(20)19-15-9-12(15)10-4-2-1-3-5-10/h1-8,12,15H,9H2,(H,19,20). The van der Waals surface area contributed by atoms with Gasteiger partial charge in [-0.1, -0.05) is 41.9 Å². The predicted octanol–water partition coefficient (Wildman–Crippen LogP) is 4.39. The third-order valence-electron chi connectivity index (χ3n) is 3.52. The average Bonchev–Trinajstić information content (AvgIpc) is 3.22. The molecule has 1 N–H and O–H groups in total. The van der Waals surface area contributed by atoms with Crippen LogP contribution in [0.25, 0.3) is 0 Å². The Morgan fingerprint density at radius 3 is 2.65 bits per heavy atom. The third kappa shape index (κ3) is 2.89. The highest BCUT2D eigenvalue weighted by Gasteiger charge is 2.39. The molecule has 2 atom stereocenters. The molecule has 1 saturated carbocycles. The van der Waals surface area contributed by atoms with E-state index >= 15 is 0 Å². The van der Waals surface area contributed by atoms with Crippen LogP contribution in [0, 0.1) is 0 Å². The highest BCUT2D eigenvalue weighted by Crippen LogP contribution is 2.40. The molecule has 2 unspecified atom stereocenters. The molecule has 0 saturated heterocycles. The van der Waals surface area contributed by atoms with Crippen LogP contribution in [-0.4, -0.2) is 11.9 Å². The summed E-state index contributed by atoms with van der Waals surface area (Å²) in [7, 11) is 0. The van der Waals surface area contributed by atoms with Gasteiger partial charge in [-0.05, 0) is 46.1 Å². The molecular formula is C16H13BrClNO. The molecule has 1 amide bonds. The van der Waals surface area contributed by atoms with Crippen molar-refractivity contribution in [3.8, 4) is 0 Å². The smallest absolute Gasteiger partial charge is 0.251 e. The van der Waals surface area contributed by atoms with E-state index in [-0.39, 0.29) is 11.9 Å². The van der Waals surface area contributed by atoms with E-state index in [2.05, 4.69) is 33.4 Å². The molecule has 0 spiro atoms. The van der Waals surface area contributed by atoms with Gasteiger partial charge in [-0.2, -0.15) is 0 Å². The van der Waals surface area contributed by atoms with Crippen molar-refractivity contribution in [1.82, 2.24) is 5.32 Å². The Balaban J connectivity index is 1.65. The molecule has 20 heavy (non-hydrogen) atoms. The number of hydrogen-bond donors (Lipinski definition) is 1. The second-order valence-corrected chi connectivity index (χ2v) is 6.22. The van der Waals surface area contributed by atoms with Gasteiger partial charge in [0.2, 0.25) is 0 Å². The first-order chi connectivity index (χ1) is 9.65. The Morgan fingerprint density at radius 2 is 1.95 bits per heavy atom. The number of halogens is 2. The molecular weight excluding hydrogens is 338 g/mol. The second-order valence-electron chi connectivity index (χ2n) is 4.96. The maximum Gasteiger partial charge on any atom is 0.251 e. The molecule has 4 heteroatoms. The van der Waals surface area contributed by atoms with E-state index in [4.69, 9.17) is 11.6 Å². The maximum atomic E-state index is 12.2. The van der Waals surface area contributed by atoms with Gasteiger partial charge in [0.25, 0.3) is 5.91 Å². The minimum absolute atomic E-state index is 0.0668. The summed E-state index contributed by atoms with van der Waals surface area (Å²) < 4.78 is 0.796. The van der Waals surface area contributed by atoms with Crippen LogP contribution in [0.15, 0.2) is 53.0 Å². The normalized spacial score (nSPS) is 20.5. The van der Waals surface area contributed by atoms with Crippen LogP contribution in [-0.2, 0) is 0 Å². The molecule has 0 aromatic heterocycles. The van der Waals surface area contributed by atoms with Crippen molar-refractivity contribution in [1.29, 1.82) is 0 Å². The molecule has 0 bridgehead atoms. The van der Waals surface area contributed by atoms with Crippen LogP contribution in [0.3, 0.4) is 0 Å². The zero-order valence-electron chi connectivity index (χ0n) is 10.6. The lowest BCUT2D eigenvalue weighted by Gasteiger charge is -2.06. The Bertz CT molecular complexity index is 644. The van der Waals surface area contributed by atoms with Crippen LogP contribution >= 0.6 is 27.5 Å². The molecule has 2 nitrogen and oxygen atoms in total. The fourth-order valence-corrected chi connectivity index (χ4v) is 2.74. The summed E-state index contributed by atoms with van der Waals surface area (Å²) in [4.78, 5) is 12.2. The van der Waals surface area contributed by atoms with E-state index in [1.807, 2.05) is 18.2 Å². The van der Waals surface area contributed by atoms with Crippen LogP contribution in [0.4, 0.5) is 0 Å². The molecule has 0 radical (unpaired) electrons. The van der Waals surface area contributed by atoms with Crippen molar-refractivity contribution in [2.75, 3.05) is 0 Å².